The largest absolute Gasteiger partial charge is 0.480 e. The molecule has 198 valence electrons. The molecule has 0 radical (unpaired) electrons. The molecule has 0 bridgehead atoms. The third kappa shape index (κ3) is 7.79. The van der Waals surface area contributed by atoms with Crippen molar-refractivity contribution in [3.63, 3.8) is 0 Å². The Kier molecular flexibility index (Phi) is 10.4. The zero-order chi connectivity index (χ0) is 27.0. The van der Waals surface area contributed by atoms with E-state index in [-0.39, 0.29) is 24.7 Å². The lowest BCUT2D eigenvalue weighted by Gasteiger charge is -2.25. The number of amides is 3. The molecule has 1 heterocycles. The standard InChI is InChI=1S/C25H37N5O6/c1-13(2)9-18(28-23(33)20(12-31)30-24(34)21(26)14(3)4)22(32)29-19(25(35)36)10-15-11-27-17-8-6-5-7-16(15)17/h5-8,11,13-14,18-21,27,31H,9-10,12,26H2,1-4H3,(H,28,33)(H,29,32)(H,30,34)(H,35,36). The normalized spacial score (nSPS) is 14.8. The molecule has 1 aromatic carbocycles. The fourth-order valence-electron chi connectivity index (χ4n) is 3.73. The zero-order valence-corrected chi connectivity index (χ0v) is 21.1. The second-order valence-electron chi connectivity index (χ2n) is 9.67. The van der Waals surface area contributed by atoms with Crippen molar-refractivity contribution < 1.29 is 29.4 Å². The van der Waals surface area contributed by atoms with E-state index in [0.717, 1.165) is 16.5 Å². The second-order valence-corrected chi connectivity index (χ2v) is 9.67. The van der Waals surface area contributed by atoms with E-state index in [9.17, 15) is 29.4 Å². The van der Waals surface area contributed by atoms with Crippen LogP contribution in [0.15, 0.2) is 30.5 Å². The van der Waals surface area contributed by atoms with Gasteiger partial charge in [0.05, 0.1) is 12.6 Å². The Morgan fingerprint density at radius 3 is 2.08 bits per heavy atom. The number of aliphatic hydroxyl groups is 1. The molecule has 4 atom stereocenters. The Bertz CT molecular complexity index is 1070. The predicted molar refractivity (Wildman–Crippen MR) is 135 cm³/mol. The van der Waals surface area contributed by atoms with Crippen LogP contribution in [0.4, 0.5) is 0 Å². The molecule has 3 amide bonds. The second kappa shape index (κ2) is 13.0. The van der Waals surface area contributed by atoms with Crippen LogP contribution in [0.3, 0.4) is 0 Å². The first-order chi connectivity index (χ1) is 16.9. The van der Waals surface area contributed by atoms with Crippen molar-refractivity contribution in [3.05, 3.63) is 36.0 Å². The van der Waals surface area contributed by atoms with Crippen LogP contribution in [0, 0.1) is 11.8 Å². The molecule has 11 heteroatoms. The molecule has 8 N–H and O–H groups in total. The van der Waals surface area contributed by atoms with Crippen LogP contribution in [0.1, 0.15) is 39.7 Å². The van der Waals surface area contributed by atoms with Crippen molar-refractivity contribution in [1.29, 1.82) is 0 Å². The number of hydrogen-bond donors (Lipinski definition) is 7. The highest BCUT2D eigenvalue weighted by Crippen LogP contribution is 2.19. The van der Waals surface area contributed by atoms with E-state index in [4.69, 9.17) is 5.73 Å². The number of carboxylic acid groups (broad SMARTS) is 1. The van der Waals surface area contributed by atoms with Crippen molar-refractivity contribution in [3.8, 4) is 0 Å². The van der Waals surface area contributed by atoms with E-state index in [0.29, 0.717) is 0 Å². The third-order valence-corrected chi connectivity index (χ3v) is 5.89. The summed E-state index contributed by atoms with van der Waals surface area (Å²) >= 11 is 0. The summed E-state index contributed by atoms with van der Waals surface area (Å²) < 4.78 is 0. The summed E-state index contributed by atoms with van der Waals surface area (Å²) in [6.45, 7) is 6.49. The number of H-pyrrole nitrogens is 1. The molecular weight excluding hydrogens is 466 g/mol. The van der Waals surface area contributed by atoms with Gasteiger partial charge in [-0.1, -0.05) is 45.9 Å². The summed E-state index contributed by atoms with van der Waals surface area (Å²) in [4.78, 5) is 53.2. The van der Waals surface area contributed by atoms with Crippen molar-refractivity contribution in [2.24, 2.45) is 17.6 Å². The van der Waals surface area contributed by atoms with Gasteiger partial charge in [-0.25, -0.2) is 4.79 Å². The Morgan fingerprint density at radius 1 is 0.917 bits per heavy atom. The van der Waals surface area contributed by atoms with Crippen molar-refractivity contribution >= 4 is 34.6 Å². The first-order valence-corrected chi connectivity index (χ1v) is 12.0. The molecule has 4 unspecified atom stereocenters. The lowest BCUT2D eigenvalue weighted by molar-refractivity contribution is -0.142. The molecular formula is C25H37N5O6. The van der Waals surface area contributed by atoms with Crippen LogP contribution >= 0.6 is 0 Å². The van der Waals surface area contributed by atoms with E-state index in [1.807, 2.05) is 38.1 Å². The van der Waals surface area contributed by atoms with Crippen LogP contribution < -0.4 is 21.7 Å². The average molecular weight is 504 g/mol. The number of benzene rings is 1. The number of aromatic amines is 1. The highest BCUT2D eigenvalue weighted by Gasteiger charge is 2.31. The maximum Gasteiger partial charge on any atom is 0.326 e. The lowest BCUT2D eigenvalue weighted by atomic mass is 10.0. The summed E-state index contributed by atoms with van der Waals surface area (Å²) in [5.74, 6) is -3.47. The van der Waals surface area contributed by atoms with Gasteiger partial charge in [-0.2, -0.15) is 0 Å². The molecule has 2 aromatic rings. The predicted octanol–water partition coefficient (Wildman–Crippen LogP) is 0.271. The minimum absolute atomic E-state index is 0.0190. The van der Waals surface area contributed by atoms with Gasteiger partial charge in [-0.05, 0) is 29.9 Å². The number of aliphatic hydroxyl groups excluding tert-OH is 1. The number of nitrogens with one attached hydrogen (secondary N) is 4. The first-order valence-electron chi connectivity index (χ1n) is 12.0. The first kappa shape index (κ1) is 28.8. The van der Waals surface area contributed by atoms with E-state index < -0.39 is 54.5 Å². The number of carbonyl (C=O) groups excluding carboxylic acids is 3. The van der Waals surface area contributed by atoms with Crippen LogP contribution in [0.25, 0.3) is 10.9 Å². The van der Waals surface area contributed by atoms with Crippen molar-refractivity contribution in [2.45, 2.75) is 64.7 Å². The summed E-state index contributed by atoms with van der Waals surface area (Å²) in [7, 11) is 0. The number of carboxylic acids is 1. The minimum atomic E-state index is -1.31. The molecule has 2 rings (SSSR count). The Balaban J connectivity index is 2.13. The molecule has 0 aliphatic rings. The van der Waals surface area contributed by atoms with Gasteiger partial charge < -0.3 is 36.9 Å². The van der Waals surface area contributed by atoms with Crippen LogP contribution in [0.5, 0.6) is 0 Å². The molecule has 0 saturated heterocycles. The summed E-state index contributed by atoms with van der Waals surface area (Å²) in [6, 6.07) is 2.93. The minimum Gasteiger partial charge on any atom is -0.480 e. The number of rotatable bonds is 13. The average Bonchev–Trinajstić information content (AvgIpc) is 3.23. The van der Waals surface area contributed by atoms with Gasteiger partial charge in [0, 0.05) is 23.5 Å². The van der Waals surface area contributed by atoms with Gasteiger partial charge >= 0.3 is 5.97 Å². The number of carbonyl (C=O) groups is 4. The maximum absolute atomic E-state index is 13.1. The fraction of sp³-hybridized carbons (Fsp3) is 0.520. The molecule has 0 aliphatic heterocycles. The van der Waals surface area contributed by atoms with E-state index in [1.54, 1.807) is 20.0 Å². The number of para-hydroxylation sites is 1. The van der Waals surface area contributed by atoms with Crippen molar-refractivity contribution in [1.82, 2.24) is 20.9 Å². The van der Waals surface area contributed by atoms with Gasteiger partial charge in [-0.3, -0.25) is 14.4 Å². The summed E-state index contributed by atoms with van der Waals surface area (Å²) in [5.41, 5.74) is 7.38. The monoisotopic (exact) mass is 503 g/mol. The van der Waals surface area contributed by atoms with Gasteiger partial charge in [-0.15, -0.1) is 0 Å². The van der Waals surface area contributed by atoms with E-state index >= 15 is 0 Å². The van der Waals surface area contributed by atoms with E-state index in [2.05, 4.69) is 20.9 Å². The lowest BCUT2D eigenvalue weighted by Crippen LogP contribution is -2.58. The SMILES string of the molecule is CC(C)CC(NC(=O)C(CO)NC(=O)C(N)C(C)C)C(=O)NC(Cc1c[nH]c2ccccc12)C(=O)O. The highest BCUT2D eigenvalue weighted by atomic mass is 16.4. The number of fused-ring (bicyclic) bond motifs is 1. The number of nitrogens with two attached hydrogens (primary N) is 1. The van der Waals surface area contributed by atoms with Crippen LogP contribution in [-0.4, -0.2) is 69.7 Å². The van der Waals surface area contributed by atoms with Gasteiger partial charge in [0.2, 0.25) is 17.7 Å². The molecule has 1 aromatic heterocycles. The summed E-state index contributed by atoms with van der Waals surface area (Å²) in [6.07, 6.45) is 1.96. The molecule has 11 nitrogen and oxygen atoms in total. The maximum atomic E-state index is 13.1. The Labute approximate surface area is 210 Å². The number of aromatic nitrogens is 1. The fourth-order valence-corrected chi connectivity index (χ4v) is 3.73. The number of aliphatic carboxylic acids is 1. The van der Waals surface area contributed by atoms with Gasteiger partial charge in [0.15, 0.2) is 0 Å². The topological polar surface area (TPSA) is 187 Å². The van der Waals surface area contributed by atoms with E-state index in [1.165, 1.54) is 0 Å². The Hall–Kier alpha value is -3.44. The van der Waals surface area contributed by atoms with Gasteiger partial charge in [0.1, 0.15) is 18.1 Å². The Morgan fingerprint density at radius 2 is 1.50 bits per heavy atom. The van der Waals surface area contributed by atoms with Gasteiger partial charge in [0.25, 0.3) is 0 Å². The quantitative estimate of drug-likeness (QED) is 0.204. The molecule has 0 spiro atoms. The molecule has 0 aliphatic carbocycles. The molecule has 0 fully saturated rings. The smallest absolute Gasteiger partial charge is 0.326 e. The summed E-state index contributed by atoms with van der Waals surface area (Å²) in [5, 5.41) is 27.7. The third-order valence-electron chi connectivity index (χ3n) is 5.89. The highest BCUT2D eigenvalue weighted by molar-refractivity contribution is 5.94. The van der Waals surface area contributed by atoms with Crippen molar-refractivity contribution in [2.75, 3.05) is 6.61 Å². The van der Waals surface area contributed by atoms with Crippen LogP contribution in [-0.2, 0) is 25.6 Å². The van der Waals surface area contributed by atoms with Crippen LogP contribution in [0.2, 0.25) is 0 Å². The molecule has 36 heavy (non-hydrogen) atoms. The molecule has 0 saturated carbocycles. The number of hydrogen-bond acceptors (Lipinski definition) is 6. The zero-order valence-electron chi connectivity index (χ0n) is 21.1.